The molecule has 10 rings (SSSR count). The Morgan fingerprint density at radius 2 is 1.02 bits per heavy atom. The smallest absolute Gasteiger partial charge is 0.143 e. The van der Waals surface area contributed by atoms with Crippen LogP contribution in [0.25, 0.3) is 76.9 Å². The van der Waals surface area contributed by atoms with Crippen LogP contribution in [0.4, 0.5) is 17.1 Å². The molecule has 3 heteroatoms. The van der Waals surface area contributed by atoms with Crippen molar-refractivity contribution in [2.75, 3.05) is 4.90 Å². The number of para-hydroxylation sites is 1. The first kappa shape index (κ1) is 27.5. The van der Waals surface area contributed by atoms with E-state index >= 15 is 0 Å². The molecule has 0 aliphatic rings. The van der Waals surface area contributed by atoms with E-state index in [4.69, 9.17) is 8.83 Å². The van der Waals surface area contributed by atoms with E-state index in [1.165, 1.54) is 21.9 Å². The first-order valence-corrected chi connectivity index (χ1v) is 16.6. The fraction of sp³-hybridized carbons (Fsp3) is 0. The van der Waals surface area contributed by atoms with Gasteiger partial charge in [-0.3, -0.25) is 0 Å². The van der Waals surface area contributed by atoms with Crippen molar-refractivity contribution in [3.05, 3.63) is 176 Å². The van der Waals surface area contributed by atoms with Crippen molar-refractivity contribution in [1.29, 1.82) is 0 Å². The molecule has 2 heterocycles. The van der Waals surface area contributed by atoms with Crippen LogP contribution in [0, 0.1) is 0 Å². The molecule has 3 nitrogen and oxygen atoms in total. The molecule has 49 heavy (non-hydrogen) atoms. The predicted molar refractivity (Wildman–Crippen MR) is 204 cm³/mol. The summed E-state index contributed by atoms with van der Waals surface area (Å²) < 4.78 is 13.3. The number of furan rings is 2. The zero-order chi connectivity index (χ0) is 32.3. The minimum Gasteiger partial charge on any atom is -0.456 e. The van der Waals surface area contributed by atoms with E-state index in [1.54, 1.807) is 0 Å². The summed E-state index contributed by atoms with van der Waals surface area (Å²) in [5.41, 5.74) is 11.2. The Labute approximate surface area is 282 Å². The maximum Gasteiger partial charge on any atom is 0.143 e. The van der Waals surface area contributed by atoms with E-state index in [-0.39, 0.29) is 0 Å². The maximum absolute atomic E-state index is 6.68. The molecule has 230 valence electrons. The van der Waals surface area contributed by atoms with Crippen LogP contribution in [0.2, 0.25) is 0 Å². The minimum absolute atomic E-state index is 0.834. The van der Waals surface area contributed by atoms with Crippen LogP contribution < -0.4 is 4.90 Å². The third-order valence-corrected chi connectivity index (χ3v) is 9.64. The number of benzene rings is 8. The van der Waals surface area contributed by atoms with Gasteiger partial charge in [0.05, 0.1) is 11.1 Å². The largest absolute Gasteiger partial charge is 0.456 e. The molecular formula is C46H29NO2. The molecule has 10 aromatic rings. The highest BCUT2D eigenvalue weighted by Crippen LogP contribution is 2.46. The second-order valence-electron chi connectivity index (χ2n) is 12.5. The summed E-state index contributed by atoms with van der Waals surface area (Å²) in [6, 6.07) is 61.9. The molecule has 0 aliphatic heterocycles. The first-order valence-electron chi connectivity index (χ1n) is 16.6. The van der Waals surface area contributed by atoms with Gasteiger partial charge < -0.3 is 13.7 Å². The van der Waals surface area contributed by atoms with Gasteiger partial charge in [-0.1, -0.05) is 127 Å². The second kappa shape index (κ2) is 11.0. The number of anilines is 3. The van der Waals surface area contributed by atoms with Crippen molar-refractivity contribution >= 4 is 71.7 Å². The highest BCUT2D eigenvalue weighted by atomic mass is 16.3. The summed E-state index contributed by atoms with van der Waals surface area (Å²) in [4.78, 5) is 2.34. The Balaban J connectivity index is 1.20. The van der Waals surface area contributed by atoms with Crippen LogP contribution in [0.15, 0.2) is 185 Å². The average molecular weight is 628 g/mol. The van der Waals surface area contributed by atoms with Gasteiger partial charge in [0.25, 0.3) is 0 Å². The van der Waals surface area contributed by atoms with Gasteiger partial charge in [0, 0.05) is 33.1 Å². The molecule has 8 aromatic carbocycles. The van der Waals surface area contributed by atoms with Gasteiger partial charge in [-0.05, 0) is 76.0 Å². The lowest BCUT2D eigenvalue weighted by atomic mass is 10.0. The minimum atomic E-state index is 0.834. The van der Waals surface area contributed by atoms with E-state index in [0.29, 0.717) is 0 Å². The molecule has 0 bridgehead atoms. The lowest BCUT2D eigenvalue weighted by Crippen LogP contribution is -2.10. The van der Waals surface area contributed by atoms with Crippen molar-refractivity contribution in [1.82, 2.24) is 0 Å². The summed E-state index contributed by atoms with van der Waals surface area (Å²) in [5.74, 6) is 0. The van der Waals surface area contributed by atoms with Crippen LogP contribution in [0.5, 0.6) is 0 Å². The molecular weight excluding hydrogens is 599 g/mol. The van der Waals surface area contributed by atoms with Crippen LogP contribution in [-0.4, -0.2) is 0 Å². The van der Waals surface area contributed by atoms with Gasteiger partial charge >= 0.3 is 0 Å². The SMILES string of the molecule is c1ccc(-c2ccc(N(c3ccc4ccccc4c3)c3cccc4oc5cc6c(cc5c34)oc3c(-c4ccccc4)cccc36)cc2)cc1. The highest BCUT2D eigenvalue weighted by molar-refractivity contribution is 6.19. The number of rotatable bonds is 5. The van der Waals surface area contributed by atoms with Crippen molar-refractivity contribution in [2.45, 2.75) is 0 Å². The quantitative estimate of drug-likeness (QED) is 0.190. The second-order valence-corrected chi connectivity index (χ2v) is 12.5. The monoisotopic (exact) mass is 627 g/mol. The molecule has 2 aromatic heterocycles. The number of fused-ring (bicyclic) bond motifs is 7. The molecule has 0 amide bonds. The van der Waals surface area contributed by atoms with Gasteiger partial charge in [-0.2, -0.15) is 0 Å². The Kier molecular flexibility index (Phi) is 6.18. The standard InChI is InChI=1S/C46H29NO2/c1-3-11-30(12-4-1)32-21-24-35(25-22-32)47(36-26-23-31-13-7-8-16-34(31)27-36)41-19-10-20-42-45(41)40-29-43-39(28-44(40)48-42)38-18-9-17-37(46(38)49-43)33-14-5-2-6-15-33/h1-29H. The van der Waals surface area contributed by atoms with Crippen molar-refractivity contribution in [3.63, 3.8) is 0 Å². The van der Waals surface area contributed by atoms with Crippen molar-refractivity contribution in [3.8, 4) is 22.3 Å². The van der Waals surface area contributed by atoms with E-state index in [1.807, 2.05) is 6.07 Å². The Bertz CT molecular complexity index is 2810. The van der Waals surface area contributed by atoms with Crippen LogP contribution in [-0.2, 0) is 0 Å². The molecule has 0 fully saturated rings. The summed E-state index contributed by atoms with van der Waals surface area (Å²) >= 11 is 0. The predicted octanol–water partition coefficient (Wildman–Crippen LogP) is 13.4. The van der Waals surface area contributed by atoms with Gasteiger partial charge in [0.1, 0.15) is 22.3 Å². The highest BCUT2D eigenvalue weighted by Gasteiger charge is 2.22. The van der Waals surface area contributed by atoms with Gasteiger partial charge in [0.15, 0.2) is 0 Å². The summed E-state index contributed by atoms with van der Waals surface area (Å²) in [6.07, 6.45) is 0. The van der Waals surface area contributed by atoms with Crippen molar-refractivity contribution in [2.24, 2.45) is 0 Å². The molecule has 0 unspecified atom stereocenters. The third kappa shape index (κ3) is 4.51. The zero-order valence-electron chi connectivity index (χ0n) is 26.5. The van der Waals surface area contributed by atoms with E-state index in [9.17, 15) is 0 Å². The molecule has 0 saturated heterocycles. The topological polar surface area (TPSA) is 29.5 Å². The van der Waals surface area contributed by atoms with Crippen molar-refractivity contribution < 1.29 is 8.83 Å². The fourth-order valence-corrected chi connectivity index (χ4v) is 7.31. The van der Waals surface area contributed by atoms with E-state index in [0.717, 1.165) is 72.1 Å². The maximum atomic E-state index is 6.68. The average Bonchev–Trinajstić information content (AvgIpc) is 3.72. The van der Waals surface area contributed by atoms with E-state index in [2.05, 4.69) is 175 Å². The summed E-state index contributed by atoms with van der Waals surface area (Å²) in [5, 5.41) is 6.58. The summed E-state index contributed by atoms with van der Waals surface area (Å²) in [7, 11) is 0. The molecule has 0 spiro atoms. The Morgan fingerprint density at radius 3 is 1.84 bits per heavy atom. The Morgan fingerprint density at radius 1 is 0.367 bits per heavy atom. The number of hydrogen-bond donors (Lipinski definition) is 0. The molecule has 0 radical (unpaired) electrons. The fourth-order valence-electron chi connectivity index (χ4n) is 7.31. The number of nitrogens with zero attached hydrogens (tertiary/aromatic N) is 1. The van der Waals surface area contributed by atoms with Crippen LogP contribution in [0.3, 0.4) is 0 Å². The molecule has 0 aliphatic carbocycles. The Hall–Kier alpha value is -6.58. The van der Waals surface area contributed by atoms with Gasteiger partial charge in [-0.25, -0.2) is 0 Å². The first-order chi connectivity index (χ1) is 24.3. The number of hydrogen-bond acceptors (Lipinski definition) is 3. The van der Waals surface area contributed by atoms with Crippen LogP contribution >= 0.6 is 0 Å². The van der Waals surface area contributed by atoms with Crippen LogP contribution in [0.1, 0.15) is 0 Å². The zero-order valence-corrected chi connectivity index (χ0v) is 26.5. The van der Waals surface area contributed by atoms with Gasteiger partial charge in [0.2, 0.25) is 0 Å². The molecule has 0 atom stereocenters. The lowest BCUT2D eigenvalue weighted by molar-refractivity contribution is 0.664. The lowest BCUT2D eigenvalue weighted by Gasteiger charge is -2.27. The van der Waals surface area contributed by atoms with E-state index < -0.39 is 0 Å². The summed E-state index contributed by atoms with van der Waals surface area (Å²) in [6.45, 7) is 0. The third-order valence-electron chi connectivity index (χ3n) is 9.64. The molecule has 0 saturated carbocycles. The van der Waals surface area contributed by atoms with Gasteiger partial charge in [-0.15, -0.1) is 0 Å². The molecule has 0 N–H and O–H groups in total. The normalized spacial score (nSPS) is 11.7.